The Balaban J connectivity index is 3.07. The van der Waals surface area contributed by atoms with Crippen molar-refractivity contribution in [2.45, 2.75) is 25.6 Å². The van der Waals surface area contributed by atoms with E-state index in [9.17, 15) is 22.7 Å². The van der Waals surface area contributed by atoms with E-state index in [0.717, 1.165) is 12.1 Å². The van der Waals surface area contributed by atoms with Crippen LogP contribution >= 0.6 is 0 Å². The molecule has 0 spiro atoms. The first-order chi connectivity index (χ1) is 8.77. The van der Waals surface area contributed by atoms with Crippen LogP contribution in [-0.4, -0.2) is 18.8 Å². The quantitative estimate of drug-likeness (QED) is 0.836. The molecule has 19 heavy (non-hydrogen) atoms. The summed E-state index contributed by atoms with van der Waals surface area (Å²) in [5, 5.41) is 9.96. The molecular formula is C13H16F4O2. The summed E-state index contributed by atoms with van der Waals surface area (Å²) in [5.74, 6) is -1.27. The Morgan fingerprint density at radius 2 is 1.95 bits per heavy atom. The highest BCUT2D eigenvalue weighted by Crippen LogP contribution is 2.37. The maximum absolute atomic E-state index is 13.1. The molecule has 1 N–H and O–H groups in total. The summed E-state index contributed by atoms with van der Waals surface area (Å²) in [6, 6.07) is 2.12. The van der Waals surface area contributed by atoms with E-state index < -0.39 is 35.1 Å². The Morgan fingerprint density at radius 3 is 2.47 bits per heavy atom. The third-order valence-electron chi connectivity index (χ3n) is 2.95. The second-order valence-electron chi connectivity index (χ2n) is 4.43. The Morgan fingerprint density at radius 1 is 1.32 bits per heavy atom. The van der Waals surface area contributed by atoms with Crippen molar-refractivity contribution in [2.24, 2.45) is 5.92 Å². The largest absolute Gasteiger partial charge is 0.416 e. The van der Waals surface area contributed by atoms with Crippen molar-refractivity contribution in [3.05, 3.63) is 35.1 Å². The van der Waals surface area contributed by atoms with Gasteiger partial charge in [0.05, 0.1) is 11.7 Å². The molecule has 0 bridgehead atoms. The Labute approximate surface area is 109 Å². The zero-order valence-corrected chi connectivity index (χ0v) is 10.7. The fraction of sp³-hybridized carbons (Fsp3) is 0.538. The molecule has 108 valence electrons. The Kier molecular flexibility index (Phi) is 5.31. The van der Waals surface area contributed by atoms with Gasteiger partial charge >= 0.3 is 6.18 Å². The maximum Gasteiger partial charge on any atom is 0.416 e. The molecule has 1 aromatic rings. The molecule has 1 rings (SSSR count). The molecule has 0 radical (unpaired) electrons. The smallest absolute Gasteiger partial charge is 0.388 e. The number of rotatable bonds is 5. The van der Waals surface area contributed by atoms with Crippen LogP contribution in [0, 0.1) is 11.7 Å². The van der Waals surface area contributed by atoms with E-state index in [0.29, 0.717) is 19.1 Å². The summed E-state index contributed by atoms with van der Waals surface area (Å²) >= 11 is 0. The third-order valence-corrected chi connectivity index (χ3v) is 2.95. The summed E-state index contributed by atoms with van der Waals surface area (Å²) in [4.78, 5) is 0. The minimum atomic E-state index is -4.62. The fourth-order valence-corrected chi connectivity index (χ4v) is 1.80. The van der Waals surface area contributed by atoms with Crippen LogP contribution in [0.1, 0.15) is 30.6 Å². The Hall–Kier alpha value is -1.14. The molecule has 0 aromatic heterocycles. The van der Waals surface area contributed by atoms with Gasteiger partial charge in [-0.05, 0) is 36.1 Å². The second-order valence-corrected chi connectivity index (χ2v) is 4.43. The molecule has 0 aliphatic rings. The summed E-state index contributed by atoms with van der Waals surface area (Å²) in [6.45, 7) is 1.91. The number of hydrogen-bond donors (Lipinski definition) is 1. The van der Waals surface area contributed by atoms with Gasteiger partial charge in [-0.15, -0.1) is 0 Å². The van der Waals surface area contributed by atoms with Gasteiger partial charge < -0.3 is 9.84 Å². The lowest BCUT2D eigenvalue weighted by molar-refractivity contribution is -0.139. The van der Waals surface area contributed by atoms with E-state index in [-0.39, 0.29) is 0 Å². The van der Waals surface area contributed by atoms with Gasteiger partial charge in [-0.1, -0.05) is 6.92 Å². The van der Waals surface area contributed by atoms with Crippen LogP contribution in [0.2, 0.25) is 0 Å². The average molecular weight is 280 g/mol. The van der Waals surface area contributed by atoms with E-state index >= 15 is 0 Å². The van der Waals surface area contributed by atoms with Crippen LogP contribution < -0.4 is 0 Å². The summed E-state index contributed by atoms with van der Waals surface area (Å²) in [7, 11) is 1.46. The van der Waals surface area contributed by atoms with Crippen molar-refractivity contribution in [1.82, 2.24) is 0 Å². The molecule has 2 nitrogen and oxygen atoms in total. The highest BCUT2D eigenvalue weighted by atomic mass is 19.4. The molecule has 0 heterocycles. The lowest BCUT2D eigenvalue weighted by Gasteiger charge is -2.22. The first kappa shape index (κ1) is 15.9. The van der Waals surface area contributed by atoms with Crippen molar-refractivity contribution < 1.29 is 27.4 Å². The molecule has 0 saturated heterocycles. The second kappa shape index (κ2) is 6.34. The number of alkyl halides is 3. The number of benzene rings is 1. The Bertz CT molecular complexity index is 418. The van der Waals surface area contributed by atoms with E-state index in [1.54, 1.807) is 6.92 Å². The predicted molar refractivity (Wildman–Crippen MR) is 62.0 cm³/mol. The van der Waals surface area contributed by atoms with Crippen molar-refractivity contribution in [3.63, 3.8) is 0 Å². The zero-order valence-electron chi connectivity index (χ0n) is 10.7. The SMILES string of the molecule is COCCC(C)C(O)c1cc(F)ccc1C(F)(F)F. The molecule has 1 aromatic carbocycles. The minimum Gasteiger partial charge on any atom is -0.388 e. The van der Waals surface area contributed by atoms with Crippen LogP contribution in [0.15, 0.2) is 18.2 Å². The van der Waals surface area contributed by atoms with Gasteiger partial charge in [-0.25, -0.2) is 4.39 Å². The van der Waals surface area contributed by atoms with Crippen LogP contribution in [0.5, 0.6) is 0 Å². The average Bonchev–Trinajstić information content (AvgIpc) is 2.33. The van der Waals surface area contributed by atoms with Gasteiger partial charge in [0.15, 0.2) is 0 Å². The fourth-order valence-electron chi connectivity index (χ4n) is 1.80. The van der Waals surface area contributed by atoms with Crippen molar-refractivity contribution in [3.8, 4) is 0 Å². The van der Waals surface area contributed by atoms with Crippen LogP contribution in [-0.2, 0) is 10.9 Å². The van der Waals surface area contributed by atoms with E-state index in [1.165, 1.54) is 7.11 Å². The van der Waals surface area contributed by atoms with Crippen molar-refractivity contribution >= 4 is 0 Å². The molecule has 0 aliphatic carbocycles. The normalized spacial score (nSPS) is 15.3. The molecule has 0 amide bonds. The highest BCUT2D eigenvalue weighted by molar-refractivity contribution is 5.32. The molecule has 2 atom stereocenters. The van der Waals surface area contributed by atoms with E-state index in [1.807, 2.05) is 0 Å². The van der Waals surface area contributed by atoms with Gasteiger partial charge in [-0.2, -0.15) is 13.2 Å². The number of aliphatic hydroxyl groups is 1. The van der Waals surface area contributed by atoms with Gasteiger partial charge in [0.1, 0.15) is 5.82 Å². The van der Waals surface area contributed by atoms with Gasteiger partial charge in [0, 0.05) is 13.7 Å². The molecule has 0 fully saturated rings. The van der Waals surface area contributed by atoms with Gasteiger partial charge in [0.25, 0.3) is 0 Å². The number of aliphatic hydroxyl groups excluding tert-OH is 1. The van der Waals surface area contributed by atoms with Gasteiger partial charge in [0.2, 0.25) is 0 Å². The lowest BCUT2D eigenvalue weighted by atomic mass is 9.91. The number of hydrogen-bond acceptors (Lipinski definition) is 2. The van der Waals surface area contributed by atoms with E-state index in [4.69, 9.17) is 4.74 Å². The number of methoxy groups -OCH3 is 1. The molecule has 6 heteroatoms. The maximum atomic E-state index is 13.1. The summed E-state index contributed by atoms with van der Waals surface area (Å²) in [5.41, 5.74) is -1.44. The summed E-state index contributed by atoms with van der Waals surface area (Å²) in [6.07, 6.45) is -5.63. The number of ether oxygens (including phenoxy) is 1. The molecule has 0 saturated carbocycles. The highest BCUT2D eigenvalue weighted by Gasteiger charge is 2.36. The predicted octanol–water partition coefficient (Wildman–Crippen LogP) is 3.55. The first-order valence-electron chi connectivity index (χ1n) is 5.81. The van der Waals surface area contributed by atoms with Crippen LogP contribution in [0.25, 0.3) is 0 Å². The molecular weight excluding hydrogens is 264 g/mol. The van der Waals surface area contributed by atoms with Gasteiger partial charge in [-0.3, -0.25) is 0 Å². The van der Waals surface area contributed by atoms with Crippen LogP contribution in [0.3, 0.4) is 0 Å². The van der Waals surface area contributed by atoms with E-state index in [2.05, 4.69) is 0 Å². The first-order valence-corrected chi connectivity index (χ1v) is 5.81. The molecule has 0 aliphatic heterocycles. The number of halogens is 4. The van der Waals surface area contributed by atoms with Crippen molar-refractivity contribution in [1.29, 1.82) is 0 Å². The lowest BCUT2D eigenvalue weighted by Crippen LogP contribution is -2.17. The van der Waals surface area contributed by atoms with Crippen LogP contribution in [0.4, 0.5) is 17.6 Å². The summed E-state index contributed by atoms with van der Waals surface area (Å²) < 4.78 is 56.3. The zero-order chi connectivity index (χ0) is 14.6. The monoisotopic (exact) mass is 280 g/mol. The third kappa shape index (κ3) is 4.18. The topological polar surface area (TPSA) is 29.5 Å². The molecule has 2 unspecified atom stereocenters. The van der Waals surface area contributed by atoms with Crippen molar-refractivity contribution in [2.75, 3.05) is 13.7 Å². The standard InChI is InChI=1S/C13H16F4O2/c1-8(5-6-19-2)12(18)10-7-9(14)3-4-11(10)13(15,16)17/h3-4,7-8,12,18H,5-6H2,1-2H3. The minimum absolute atomic E-state index is 0.314.